The van der Waals surface area contributed by atoms with Gasteiger partial charge in [0.1, 0.15) is 5.69 Å². The lowest BCUT2D eigenvalue weighted by atomic mass is 10.1. The smallest absolute Gasteiger partial charge is 0.290 e. The third-order valence-corrected chi connectivity index (χ3v) is 3.82. The minimum Gasteiger partial charge on any atom is -0.379 e. The first-order valence-corrected chi connectivity index (χ1v) is 7.85. The van der Waals surface area contributed by atoms with Crippen LogP contribution in [0.3, 0.4) is 0 Å². The zero-order chi connectivity index (χ0) is 16.1. The summed E-state index contributed by atoms with van der Waals surface area (Å²) in [6.07, 6.45) is 0. The SMILES string of the molecule is C[C@@H](CN1CCOCC1)NC(=O)c1cc(-c2ccccc2)no1. The maximum absolute atomic E-state index is 12.3. The van der Waals surface area contributed by atoms with Crippen molar-refractivity contribution in [2.24, 2.45) is 0 Å². The summed E-state index contributed by atoms with van der Waals surface area (Å²) in [4.78, 5) is 14.5. The van der Waals surface area contributed by atoms with Gasteiger partial charge in [-0.2, -0.15) is 0 Å². The Balaban J connectivity index is 1.56. The van der Waals surface area contributed by atoms with E-state index in [1.807, 2.05) is 37.3 Å². The topological polar surface area (TPSA) is 67.6 Å². The Morgan fingerprint density at radius 1 is 1.30 bits per heavy atom. The molecule has 6 heteroatoms. The monoisotopic (exact) mass is 315 g/mol. The standard InChI is InChI=1S/C17H21N3O3/c1-13(12-20-7-9-22-10-8-20)18-17(21)16-11-15(19-23-16)14-5-3-2-4-6-14/h2-6,11,13H,7-10,12H2,1H3,(H,18,21)/t13-/m0/s1. The second-order valence-electron chi connectivity index (χ2n) is 5.73. The first-order chi connectivity index (χ1) is 11.2. The maximum atomic E-state index is 12.3. The molecule has 122 valence electrons. The van der Waals surface area contributed by atoms with Gasteiger partial charge in [0.25, 0.3) is 5.91 Å². The van der Waals surface area contributed by atoms with Crippen LogP contribution in [0.4, 0.5) is 0 Å². The number of ether oxygens (including phenoxy) is 1. The van der Waals surface area contributed by atoms with Gasteiger partial charge in [0.15, 0.2) is 0 Å². The molecule has 1 amide bonds. The fraction of sp³-hybridized carbons (Fsp3) is 0.412. The summed E-state index contributed by atoms with van der Waals surface area (Å²) >= 11 is 0. The van der Waals surface area contributed by atoms with Crippen LogP contribution in [0.15, 0.2) is 40.9 Å². The number of rotatable bonds is 5. The van der Waals surface area contributed by atoms with E-state index in [0.29, 0.717) is 5.69 Å². The molecular weight excluding hydrogens is 294 g/mol. The molecule has 0 unspecified atom stereocenters. The molecule has 1 saturated heterocycles. The van der Waals surface area contributed by atoms with Crippen LogP contribution < -0.4 is 5.32 Å². The van der Waals surface area contributed by atoms with Crippen LogP contribution in [0.25, 0.3) is 11.3 Å². The van der Waals surface area contributed by atoms with E-state index in [4.69, 9.17) is 9.26 Å². The number of hydrogen-bond acceptors (Lipinski definition) is 5. The van der Waals surface area contributed by atoms with Crippen molar-refractivity contribution >= 4 is 5.91 Å². The number of carbonyl (C=O) groups is 1. The Morgan fingerprint density at radius 3 is 2.78 bits per heavy atom. The van der Waals surface area contributed by atoms with Gasteiger partial charge in [-0.05, 0) is 6.92 Å². The van der Waals surface area contributed by atoms with Crippen LogP contribution >= 0.6 is 0 Å². The van der Waals surface area contributed by atoms with Crippen LogP contribution in [0, 0.1) is 0 Å². The average molecular weight is 315 g/mol. The molecule has 1 aromatic carbocycles. The van der Waals surface area contributed by atoms with Gasteiger partial charge in [-0.3, -0.25) is 9.69 Å². The summed E-state index contributed by atoms with van der Waals surface area (Å²) in [5, 5.41) is 6.92. The summed E-state index contributed by atoms with van der Waals surface area (Å²) in [6, 6.07) is 11.4. The zero-order valence-corrected chi connectivity index (χ0v) is 13.2. The lowest BCUT2D eigenvalue weighted by Crippen LogP contribution is -2.45. The van der Waals surface area contributed by atoms with E-state index in [-0.39, 0.29) is 17.7 Å². The van der Waals surface area contributed by atoms with Crippen molar-refractivity contribution in [2.45, 2.75) is 13.0 Å². The molecule has 2 heterocycles. The summed E-state index contributed by atoms with van der Waals surface area (Å²) in [7, 11) is 0. The summed E-state index contributed by atoms with van der Waals surface area (Å²) in [5.41, 5.74) is 1.59. The molecule has 0 bridgehead atoms. The van der Waals surface area contributed by atoms with Gasteiger partial charge in [-0.25, -0.2) is 0 Å². The van der Waals surface area contributed by atoms with Crippen LogP contribution in [0.1, 0.15) is 17.5 Å². The highest BCUT2D eigenvalue weighted by Gasteiger charge is 2.18. The van der Waals surface area contributed by atoms with Crippen molar-refractivity contribution in [3.05, 3.63) is 42.2 Å². The average Bonchev–Trinajstić information content (AvgIpc) is 3.06. The number of carbonyl (C=O) groups excluding carboxylic acids is 1. The molecule has 1 atom stereocenters. The Labute approximate surface area is 135 Å². The molecule has 6 nitrogen and oxygen atoms in total. The number of morpholine rings is 1. The second-order valence-corrected chi connectivity index (χ2v) is 5.73. The van der Waals surface area contributed by atoms with Crippen molar-refractivity contribution in [2.75, 3.05) is 32.8 Å². The normalized spacial score (nSPS) is 16.9. The van der Waals surface area contributed by atoms with Gasteiger partial charge in [0.05, 0.1) is 13.2 Å². The molecule has 0 radical (unpaired) electrons. The lowest BCUT2D eigenvalue weighted by Gasteiger charge is -2.29. The first-order valence-electron chi connectivity index (χ1n) is 7.85. The highest BCUT2D eigenvalue weighted by molar-refractivity contribution is 5.92. The predicted molar refractivity (Wildman–Crippen MR) is 86.1 cm³/mol. The molecule has 0 spiro atoms. The van der Waals surface area contributed by atoms with Crippen LogP contribution in [-0.2, 0) is 4.74 Å². The van der Waals surface area contributed by atoms with E-state index in [0.717, 1.165) is 38.4 Å². The van der Waals surface area contributed by atoms with Gasteiger partial charge in [0, 0.05) is 37.3 Å². The largest absolute Gasteiger partial charge is 0.379 e. The van der Waals surface area contributed by atoms with Crippen molar-refractivity contribution in [3.8, 4) is 11.3 Å². The maximum Gasteiger partial charge on any atom is 0.290 e. The van der Waals surface area contributed by atoms with Crippen LogP contribution in [0.5, 0.6) is 0 Å². The van der Waals surface area contributed by atoms with Gasteiger partial charge >= 0.3 is 0 Å². The Hall–Kier alpha value is -2.18. The fourth-order valence-corrected chi connectivity index (χ4v) is 2.64. The van der Waals surface area contributed by atoms with E-state index in [1.54, 1.807) is 6.07 Å². The predicted octanol–water partition coefficient (Wildman–Crippen LogP) is 1.79. The van der Waals surface area contributed by atoms with Crippen molar-refractivity contribution in [1.29, 1.82) is 0 Å². The molecule has 23 heavy (non-hydrogen) atoms. The number of aromatic nitrogens is 1. The molecule has 2 aromatic rings. The molecule has 1 aliphatic rings. The number of nitrogens with one attached hydrogen (secondary N) is 1. The summed E-state index contributed by atoms with van der Waals surface area (Å²) < 4.78 is 10.5. The number of benzene rings is 1. The molecule has 1 fully saturated rings. The quantitative estimate of drug-likeness (QED) is 0.911. The fourth-order valence-electron chi connectivity index (χ4n) is 2.64. The van der Waals surface area contributed by atoms with Crippen LogP contribution in [-0.4, -0.2) is 54.9 Å². The van der Waals surface area contributed by atoms with Gasteiger partial charge in [-0.15, -0.1) is 0 Å². The molecule has 0 aliphatic carbocycles. The minimum atomic E-state index is -0.236. The van der Waals surface area contributed by atoms with E-state index in [9.17, 15) is 4.79 Å². The Morgan fingerprint density at radius 2 is 2.04 bits per heavy atom. The van der Waals surface area contributed by atoms with Gasteiger partial charge < -0.3 is 14.6 Å². The Kier molecular flexibility index (Phi) is 5.05. The second kappa shape index (κ2) is 7.39. The third kappa shape index (κ3) is 4.18. The third-order valence-electron chi connectivity index (χ3n) is 3.82. The number of amides is 1. The van der Waals surface area contributed by atoms with Crippen molar-refractivity contribution in [1.82, 2.24) is 15.4 Å². The van der Waals surface area contributed by atoms with Gasteiger partial charge in [-0.1, -0.05) is 35.5 Å². The molecule has 0 saturated carbocycles. The highest BCUT2D eigenvalue weighted by Crippen LogP contribution is 2.18. The number of hydrogen-bond donors (Lipinski definition) is 1. The summed E-state index contributed by atoms with van der Waals surface area (Å²) in [6.45, 7) is 6.10. The number of nitrogens with zero attached hydrogens (tertiary/aromatic N) is 2. The van der Waals surface area contributed by atoms with Crippen molar-refractivity contribution in [3.63, 3.8) is 0 Å². The van der Waals surface area contributed by atoms with Crippen molar-refractivity contribution < 1.29 is 14.1 Å². The van der Waals surface area contributed by atoms with E-state index >= 15 is 0 Å². The Bertz CT molecular complexity index is 636. The van der Waals surface area contributed by atoms with E-state index in [1.165, 1.54) is 0 Å². The molecule has 3 rings (SSSR count). The van der Waals surface area contributed by atoms with Gasteiger partial charge in [0.2, 0.25) is 5.76 Å². The van der Waals surface area contributed by atoms with Crippen LogP contribution in [0.2, 0.25) is 0 Å². The highest BCUT2D eigenvalue weighted by atomic mass is 16.5. The zero-order valence-electron chi connectivity index (χ0n) is 13.2. The lowest BCUT2D eigenvalue weighted by molar-refractivity contribution is 0.0341. The molecule has 1 N–H and O–H groups in total. The molecule has 1 aromatic heterocycles. The first kappa shape index (κ1) is 15.7. The molecular formula is C17H21N3O3. The summed E-state index contributed by atoms with van der Waals surface area (Å²) in [5.74, 6) is -0.00174. The van der Waals surface area contributed by atoms with E-state index < -0.39 is 0 Å². The minimum absolute atomic E-state index is 0.0332. The molecule has 1 aliphatic heterocycles. The van der Waals surface area contributed by atoms with E-state index in [2.05, 4.69) is 15.4 Å².